The first-order valence-corrected chi connectivity index (χ1v) is 6.40. The maximum Gasteiger partial charge on any atom is 0.153 e. The lowest BCUT2D eigenvalue weighted by Gasteiger charge is -2.09. The smallest absolute Gasteiger partial charge is 0.153 e. The number of ether oxygens (including phenoxy) is 1. The van der Waals surface area contributed by atoms with Gasteiger partial charge in [0.05, 0.1) is 6.20 Å². The molecule has 3 aromatic rings. The van der Waals surface area contributed by atoms with E-state index in [1.807, 2.05) is 54.6 Å². The monoisotopic (exact) mass is 299 g/mol. The van der Waals surface area contributed by atoms with Crippen LogP contribution in [0.15, 0.2) is 65.4 Å². The maximum atomic E-state index is 5.86. The average Bonchev–Trinajstić information content (AvgIpc) is 2.44. The summed E-state index contributed by atoms with van der Waals surface area (Å²) in [5.41, 5.74) is 0. The van der Waals surface area contributed by atoms with Gasteiger partial charge in [-0.2, -0.15) is 0 Å². The Morgan fingerprint density at radius 2 is 1.50 bits per heavy atom. The summed E-state index contributed by atoms with van der Waals surface area (Å²) in [6, 6.07) is 17.7. The van der Waals surface area contributed by atoms with E-state index in [0.29, 0.717) is 0 Å². The van der Waals surface area contributed by atoms with Gasteiger partial charge in [0.15, 0.2) is 5.75 Å². The van der Waals surface area contributed by atoms with Crippen LogP contribution >= 0.6 is 15.9 Å². The molecule has 0 atom stereocenters. The second kappa shape index (κ2) is 4.78. The van der Waals surface area contributed by atoms with E-state index >= 15 is 0 Å². The molecule has 0 fully saturated rings. The van der Waals surface area contributed by atoms with E-state index in [0.717, 1.165) is 26.9 Å². The molecule has 0 aliphatic carbocycles. The lowest BCUT2D eigenvalue weighted by atomic mass is 10.2. The molecule has 0 amide bonds. The van der Waals surface area contributed by atoms with E-state index in [1.165, 1.54) is 0 Å². The van der Waals surface area contributed by atoms with E-state index in [9.17, 15) is 0 Å². The Hall–Kier alpha value is -1.87. The number of para-hydroxylation sites is 1. The number of hydrogen-bond acceptors (Lipinski definition) is 2. The van der Waals surface area contributed by atoms with Gasteiger partial charge in [0.25, 0.3) is 0 Å². The van der Waals surface area contributed by atoms with E-state index < -0.39 is 0 Å². The summed E-state index contributed by atoms with van der Waals surface area (Å²) >= 11 is 3.45. The summed E-state index contributed by atoms with van der Waals surface area (Å²) < 4.78 is 6.70. The predicted molar refractivity (Wildman–Crippen MR) is 76.0 cm³/mol. The molecule has 0 aliphatic rings. The molecule has 0 unspecified atom stereocenters. The van der Waals surface area contributed by atoms with Crippen molar-refractivity contribution >= 4 is 26.7 Å². The molecule has 0 saturated carbocycles. The van der Waals surface area contributed by atoms with Gasteiger partial charge in [0, 0.05) is 10.8 Å². The molecule has 0 aliphatic heterocycles. The van der Waals surface area contributed by atoms with Gasteiger partial charge in [-0.3, -0.25) is 0 Å². The normalized spacial score (nSPS) is 10.5. The summed E-state index contributed by atoms with van der Waals surface area (Å²) in [4.78, 5) is 4.30. The van der Waals surface area contributed by atoms with Crippen molar-refractivity contribution in [3.8, 4) is 11.5 Å². The minimum Gasteiger partial charge on any atom is -0.455 e. The van der Waals surface area contributed by atoms with Crippen LogP contribution in [0.1, 0.15) is 0 Å². The zero-order valence-electron chi connectivity index (χ0n) is 9.51. The topological polar surface area (TPSA) is 22.1 Å². The van der Waals surface area contributed by atoms with Gasteiger partial charge in [-0.05, 0) is 28.1 Å². The van der Waals surface area contributed by atoms with Gasteiger partial charge in [-0.25, -0.2) is 4.98 Å². The molecule has 3 rings (SSSR count). The highest BCUT2D eigenvalue weighted by molar-refractivity contribution is 9.10. The van der Waals surface area contributed by atoms with Crippen LogP contribution in [0.5, 0.6) is 11.5 Å². The molecule has 88 valence electrons. The van der Waals surface area contributed by atoms with Crippen LogP contribution in [0.4, 0.5) is 0 Å². The van der Waals surface area contributed by atoms with Crippen molar-refractivity contribution in [2.24, 2.45) is 0 Å². The highest BCUT2D eigenvalue weighted by atomic mass is 79.9. The fraction of sp³-hybridized carbons (Fsp3) is 0. The number of aromatic nitrogens is 1. The van der Waals surface area contributed by atoms with Gasteiger partial charge in [-0.1, -0.05) is 42.5 Å². The largest absolute Gasteiger partial charge is 0.455 e. The number of pyridine rings is 1. The minimum atomic E-state index is 0.764. The molecule has 0 radical (unpaired) electrons. The van der Waals surface area contributed by atoms with Gasteiger partial charge in [0.1, 0.15) is 10.4 Å². The van der Waals surface area contributed by atoms with Crippen molar-refractivity contribution in [2.75, 3.05) is 0 Å². The van der Waals surface area contributed by atoms with Crippen molar-refractivity contribution in [2.45, 2.75) is 0 Å². The molecule has 0 saturated heterocycles. The van der Waals surface area contributed by atoms with Crippen LogP contribution in [0.2, 0.25) is 0 Å². The van der Waals surface area contributed by atoms with E-state index in [2.05, 4.69) is 20.9 Å². The molecule has 1 aromatic heterocycles. The standard InChI is InChI=1S/C15H10BrNO/c16-15-13-9-5-4-8-12(13)14(10-17-15)18-11-6-2-1-3-7-11/h1-10H. The third-order valence-electron chi connectivity index (χ3n) is 2.68. The molecule has 0 N–H and O–H groups in total. The third-order valence-corrected chi connectivity index (χ3v) is 3.31. The minimum absolute atomic E-state index is 0.764. The molecular formula is C15H10BrNO. The summed E-state index contributed by atoms with van der Waals surface area (Å²) in [5, 5.41) is 2.09. The zero-order chi connectivity index (χ0) is 12.4. The summed E-state index contributed by atoms with van der Waals surface area (Å²) in [6.07, 6.45) is 1.74. The number of rotatable bonds is 2. The van der Waals surface area contributed by atoms with Gasteiger partial charge >= 0.3 is 0 Å². The van der Waals surface area contributed by atoms with E-state index in [-0.39, 0.29) is 0 Å². The lowest BCUT2D eigenvalue weighted by Crippen LogP contribution is -1.88. The highest BCUT2D eigenvalue weighted by Crippen LogP contribution is 2.32. The van der Waals surface area contributed by atoms with Crippen LogP contribution in [0, 0.1) is 0 Å². The van der Waals surface area contributed by atoms with Crippen molar-refractivity contribution in [1.82, 2.24) is 4.98 Å². The third kappa shape index (κ3) is 2.09. The Balaban J connectivity index is 2.10. The SMILES string of the molecule is Brc1ncc(Oc2ccccc2)c2ccccc12. The lowest BCUT2D eigenvalue weighted by molar-refractivity contribution is 0.486. The van der Waals surface area contributed by atoms with Crippen molar-refractivity contribution < 1.29 is 4.74 Å². The molecule has 18 heavy (non-hydrogen) atoms. The second-order valence-corrected chi connectivity index (χ2v) is 4.63. The van der Waals surface area contributed by atoms with Gasteiger partial charge in [0.2, 0.25) is 0 Å². The molecule has 0 spiro atoms. The molecule has 1 heterocycles. The first kappa shape index (κ1) is 11.2. The van der Waals surface area contributed by atoms with Gasteiger partial charge < -0.3 is 4.74 Å². The average molecular weight is 300 g/mol. The summed E-state index contributed by atoms with van der Waals surface area (Å²) in [7, 11) is 0. The van der Waals surface area contributed by atoms with E-state index in [4.69, 9.17) is 4.74 Å². The highest BCUT2D eigenvalue weighted by Gasteiger charge is 2.06. The van der Waals surface area contributed by atoms with Crippen molar-refractivity contribution in [1.29, 1.82) is 0 Å². The number of fused-ring (bicyclic) bond motifs is 1. The fourth-order valence-corrected chi connectivity index (χ4v) is 2.28. The zero-order valence-corrected chi connectivity index (χ0v) is 11.1. The number of hydrogen-bond donors (Lipinski definition) is 0. The van der Waals surface area contributed by atoms with Crippen LogP contribution in [-0.2, 0) is 0 Å². The Morgan fingerprint density at radius 1 is 0.833 bits per heavy atom. The fourth-order valence-electron chi connectivity index (χ4n) is 1.83. The predicted octanol–water partition coefficient (Wildman–Crippen LogP) is 4.79. The van der Waals surface area contributed by atoms with Crippen molar-refractivity contribution in [3.05, 3.63) is 65.4 Å². The number of benzene rings is 2. The molecule has 2 nitrogen and oxygen atoms in total. The summed E-state index contributed by atoms with van der Waals surface area (Å²) in [5.74, 6) is 1.58. The first-order chi connectivity index (χ1) is 8.84. The summed E-state index contributed by atoms with van der Waals surface area (Å²) in [6.45, 7) is 0. The van der Waals surface area contributed by atoms with Crippen LogP contribution in [0.3, 0.4) is 0 Å². The number of nitrogens with zero attached hydrogens (tertiary/aromatic N) is 1. The van der Waals surface area contributed by atoms with Gasteiger partial charge in [-0.15, -0.1) is 0 Å². The maximum absolute atomic E-state index is 5.86. The molecular weight excluding hydrogens is 290 g/mol. The Morgan fingerprint density at radius 3 is 2.28 bits per heavy atom. The Labute approximate surface area is 113 Å². The van der Waals surface area contributed by atoms with Crippen LogP contribution in [0.25, 0.3) is 10.8 Å². The molecule has 2 aromatic carbocycles. The van der Waals surface area contributed by atoms with Crippen molar-refractivity contribution in [3.63, 3.8) is 0 Å². The molecule has 0 bridgehead atoms. The van der Waals surface area contributed by atoms with Crippen LogP contribution < -0.4 is 4.74 Å². The van der Waals surface area contributed by atoms with E-state index in [1.54, 1.807) is 6.20 Å². The molecule has 3 heteroatoms. The van der Waals surface area contributed by atoms with Crippen LogP contribution in [-0.4, -0.2) is 4.98 Å². The Bertz CT molecular complexity index is 682. The quantitative estimate of drug-likeness (QED) is 0.635. The Kier molecular flexibility index (Phi) is 2.99. The second-order valence-electron chi connectivity index (χ2n) is 3.87. The number of halogens is 1. The first-order valence-electron chi connectivity index (χ1n) is 5.61.